The lowest BCUT2D eigenvalue weighted by atomic mass is 10.1. The van der Waals surface area contributed by atoms with Crippen molar-refractivity contribution in [1.82, 2.24) is 5.32 Å². The molecule has 1 aromatic carbocycles. The van der Waals surface area contributed by atoms with E-state index in [1.165, 1.54) is 0 Å². The van der Waals surface area contributed by atoms with Crippen LogP contribution in [-0.2, 0) is 4.79 Å². The lowest BCUT2D eigenvalue weighted by Gasteiger charge is -2.12. The number of ether oxygens (including phenoxy) is 1. The van der Waals surface area contributed by atoms with Gasteiger partial charge in [0.05, 0.1) is 0 Å². The number of anilines is 1. The maximum Gasteiger partial charge on any atom is 0.341 e. The van der Waals surface area contributed by atoms with E-state index in [0.717, 1.165) is 17.9 Å². The number of amides is 2. The van der Waals surface area contributed by atoms with Gasteiger partial charge in [-0.15, -0.1) is 0 Å². The van der Waals surface area contributed by atoms with Crippen molar-refractivity contribution >= 4 is 29.4 Å². The van der Waals surface area contributed by atoms with Gasteiger partial charge in [-0.1, -0.05) is 6.07 Å². The number of rotatable bonds is 6. The smallest absolute Gasteiger partial charge is 0.341 e. The number of hydrogen-bond donors (Lipinski definition) is 3. The minimum atomic E-state index is -1.04. The number of hydrogen-bond acceptors (Lipinski definition) is 4. The fourth-order valence-electron chi connectivity index (χ4n) is 1.97. The van der Waals surface area contributed by atoms with E-state index in [1.54, 1.807) is 24.3 Å². The largest absolute Gasteiger partial charge is 0.482 e. The van der Waals surface area contributed by atoms with Crippen LogP contribution >= 0.6 is 11.8 Å². The molecule has 0 aliphatic carbocycles. The molecular weight excluding hydrogens is 292 g/mol. The van der Waals surface area contributed by atoms with E-state index in [1.807, 2.05) is 11.8 Å². The normalized spacial score (nSPS) is 17.2. The molecule has 1 saturated heterocycles. The summed E-state index contributed by atoms with van der Waals surface area (Å²) in [6.07, 6.45) is 1.14. The number of thioether (sulfide) groups is 1. The van der Waals surface area contributed by atoms with Crippen LogP contribution < -0.4 is 15.4 Å². The summed E-state index contributed by atoms with van der Waals surface area (Å²) in [4.78, 5) is 22.2. The molecule has 6 nitrogen and oxygen atoms in total. The Morgan fingerprint density at radius 2 is 2.29 bits per heavy atom. The maximum atomic E-state index is 11.8. The van der Waals surface area contributed by atoms with Gasteiger partial charge in [0.2, 0.25) is 0 Å². The van der Waals surface area contributed by atoms with Gasteiger partial charge in [0.1, 0.15) is 5.75 Å². The molecule has 0 bridgehead atoms. The average Bonchev–Trinajstić information content (AvgIpc) is 2.97. The van der Waals surface area contributed by atoms with Crippen LogP contribution in [0.1, 0.15) is 6.42 Å². The first-order chi connectivity index (χ1) is 10.1. The van der Waals surface area contributed by atoms with Gasteiger partial charge in [0.25, 0.3) is 0 Å². The van der Waals surface area contributed by atoms with Gasteiger partial charge in [0.15, 0.2) is 6.61 Å². The van der Waals surface area contributed by atoms with Crippen LogP contribution in [0.3, 0.4) is 0 Å². The van der Waals surface area contributed by atoms with Crippen LogP contribution in [0.5, 0.6) is 5.75 Å². The number of nitrogens with one attached hydrogen (secondary N) is 2. The summed E-state index contributed by atoms with van der Waals surface area (Å²) >= 11 is 1.91. The Bertz CT molecular complexity index is 504. The second-order valence-electron chi connectivity index (χ2n) is 4.77. The van der Waals surface area contributed by atoms with E-state index in [-0.39, 0.29) is 6.03 Å². The molecule has 2 rings (SSSR count). The first kappa shape index (κ1) is 15.5. The highest BCUT2D eigenvalue weighted by atomic mass is 32.2. The van der Waals surface area contributed by atoms with E-state index in [9.17, 15) is 9.59 Å². The van der Waals surface area contributed by atoms with Gasteiger partial charge in [0, 0.05) is 18.3 Å². The number of urea groups is 1. The molecule has 21 heavy (non-hydrogen) atoms. The van der Waals surface area contributed by atoms with E-state index >= 15 is 0 Å². The van der Waals surface area contributed by atoms with Gasteiger partial charge in [-0.25, -0.2) is 9.59 Å². The average molecular weight is 310 g/mol. The molecule has 114 valence electrons. The van der Waals surface area contributed by atoms with Crippen molar-refractivity contribution in [2.45, 2.75) is 6.42 Å². The van der Waals surface area contributed by atoms with Crippen molar-refractivity contribution in [3.05, 3.63) is 24.3 Å². The standard InChI is InChI=1S/C14H18N2O4S/c17-13(18)8-20-12-3-1-2-11(6-12)16-14(19)15-7-10-4-5-21-9-10/h1-3,6,10H,4-5,7-9H2,(H,17,18)(H2,15,16,19). The Balaban J connectivity index is 1.79. The van der Waals surface area contributed by atoms with Crippen molar-refractivity contribution in [3.8, 4) is 5.75 Å². The van der Waals surface area contributed by atoms with Gasteiger partial charge < -0.3 is 20.5 Å². The Morgan fingerprint density at radius 1 is 1.43 bits per heavy atom. The summed E-state index contributed by atoms with van der Waals surface area (Å²) in [5, 5.41) is 14.1. The van der Waals surface area contributed by atoms with Crippen LogP contribution in [0, 0.1) is 5.92 Å². The predicted molar refractivity (Wildman–Crippen MR) is 82.0 cm³/mol. The minimum Gasteiger partial charge on any atom is -0.482 e. The minimum absolute atomic E-state index is 0.262. The van der Waals surface area contributed by atoms with Crippen molar-refractivity contribution in [2.24, 2.45) is 5.92 Å². The quantitative estimate of drug-likeness (QED) is 0.748. The molecule has 1 aliphatic heterocycles. The van der Waals surface area contributed by atoms with Crippen molar-refractivity contribution in [2.75, 3.05) is 30.0 Å². The Kier molecular flexibility index (Phi) is 5.74. The monoisotopic (exact) mass is 310 g/mol. The first-order valence-corrected chi connectivity index (χ1v) is 7.86. The molecule has 1 heterocycles. The van der Waals surface area contributed by atoms with Crippen LogP contribution in [0.4, 0.5) is 10.5 Å². The zero-order chi connectivity index (χ0) is 15.1. The maximum absolute atomic E-state index is 11.8. The summed E-state index contributed by atoms with van der Waals surface area (Å²) in [7, 11) is 0. The molecule has 1 atom stereocenters. The van der Waals surface area contributed by atoms with E-state index in [0.29, 0.717) is 23.9 Å². The highest BCUT2D eigenvalue weighted by Crippen LogP contribution is 2.22. The van der Waals surface area contributed by atoms with Crippen molar-refractivity contribution < 1.29 is 19.4 Å². The summed E-state index contributed by atoms with van der Waals surface area (Å²) < 4.78 is 5.06. The molecule has 1 aromatic rings. The SMILES string of the molecule is O=C(O)COc1cccc(NC(=O)NCC2CCSC2)c1. The van der Waals surface area contributed by atoms with Crippen LogP contribution in [0.2, 0.25) is 0 Å². The second-order valence-corrected chi connectivity index (χ2v) is 5.92. The predicted octanol–water partition coefficient (Wildman–Crippen LogP) is 2.02. The third-order valence-electron chi connectivity index (χ3n) is 3.03. The molecule has 2 amide bonds. The first-order valence-electron chi connectivity index (χ1n) is 6.71. The van der Waals surface area contributed by atoms with Gasteiger partial charge >= 0.3 is 12.0 Å². The van der Waals surface area contributed by atoms with Crippen LogP contribution in [-0.4, -0.2) is 41.8 Å². The number of carbonyl (C=O) groups is 2. The fourth-order valence-corrected chi connectivity index (χ4v) is 3.25. The molecule has 7 heteroatoms. The van der Waals surface area contributed by atoms with Crippen molar-refractivity contribution in [3.63, 3.8) is 0 Å². The number of carboxylic acids is 1. The Morgan fingerprint density at radius 3 is 3.00 bits per heavy atom. The second kappa shape index (κ2) is 7.78. The number of carboxylic acid groups (broad SMARTS) is 1. The van der Waals surface area contributed by atoms with E-state index < -0.39 is 12.6 Å². The topological polar surface area (TPSA) is 87.7 Å². The van der Waals surface area contributed by atoms with E-state index in [4.69, 9.17) is 9.84 Å². The van der Waals surface area contributed by atoms with E-state index in [2.05, 4.69) is 10.6 Å². The van der Waals surface area contributed by atoms with Crippen LogP contribution in [0.15, 0.2) is 24.3 Å². The number of benzene rings is 1. The zero-order valence-corrected chi connectivity index (χ0v) is 12.3. The molecule has 0 aromatic heterocycles. The van der Waals surface area contributed by atoms with Gasteiger partial charge in [-0.2, -0.15) is 11.8 Å². The Hall–Kier alpha value is -1.89. The van der Waals surface area contributed by atoms with Gasteiger partial charge in [-0.3, -0.25) is 0 Å². The third-order valence-corrected chi connectivity index (χ3v) is 4.26. The molecule has 0 spiro atoms. The zero-order valence-electron chi connectivity index (χ0n) is 11.5. The third kappa shape index (κ3) is 5.55. The lowest BCUT2D eigenvalue weighted by molar-refractivity contribution is -0.139. The highest BCUT2D eigenvalue weighted by Gasteiger charge is 2.16. The highest BCUT2D eigenvalue weighted by molar-refractivity contribution is 7.99. The summed E-state index contributed by atoms with van der Waals surface area (Å²) in [5.74, 6) is 2.17. The number of aliphatic carboxylic acids is 1. The molecule has 1 aliphatic rings. The summed E-state index contributed by atoms with van der Waals surface area (Å²) in [5.41, 5.74) is 0.566. The molecule has 3 N–H and O–H groups in total. The fraction of sp³-hybridized carbons (Fsp3) is 0.429. The molecular formula is C14H18N2O4S. The summed E-state index contributed by atoms with van der Waals surface area (Å²) in [6.45, 7) is 0.267. The number of carbonyl (C=O) groups excluding carboxylic acids is 1. The van der Waals surface area contributed by atoms with Crippen molar-refractivity contribution in [1.29, 1.82) is 0 Å². The Labute approximate surface area is 127 Å². The molecule has 0 saturated carbocycles. The summed E-state index contributed by atoms with van der Waals surface area (Å²) in [6, 6.07) is 6.39. The van der Waals surface area contributed by atoms with Gasteiger partial charge in [-0.05, 0) is 36.0 Å². The molecule has 1 unspecified atom stereocenters. The van der Waals surface area contributed by atoms with Crippen LogP contribution in [0.25, 0.3) is 0 Å². The molecule has 1 fully saturated rings. The molecule has 0 radical (unpaired) electrons. The lowest BCUT2D eigenvalue weighted by Crippen LogP contribution is -2.33.